The van der Waals surface area contributed by atoms with E-state index in [0.717, 1.165) is 22.4 Å². The fourth-order valence-corrected chi connectivity index (χ4v) is 5.44. The Hall–Kier alpha value is -2.16. The van der Waals surface area contributed by atoms with Crippen molar-refractivity contribution >= 4 is 48.9 Å². The summed E-state index contributed by atoms with van der Waals surface area (Å²) in [5, 5.41) is 0.456. The minimum atomic E-state index is -3.58. The van der Waals surface area contributed by atoms with Gasteiger partial charge in [-0.2, -0.15) is 4.99 Å². The van der Waals surface area contributed by atoms with E-state index in [1.54, 1.807) is 0 Å². The average molecular weight is 467 g/mol. The summed E-state index contributed by atoms with van der Waals surface area (Å²) in [5.41, 5.74) is 0.977. The van der Waals surface area contributed by atoms with Crippen LogP contribution in [0, 0.1) is 0 Å². The van der Waals surface area contributed by atoms with Crippen molar-refractivity contribution in [2.45, 2.75) is 38.1 Å². The second kappa shape index (κ2) is 9.76. The zero-order valence-corrected chi connectivity index (χ0v) is 19.2. The summed E-state index contributed by atoms with van der Waals surface area (Å²) in [7, 11) is -3.58. The first-order chi connectivity index (χ1) is 14.3. The number of ether oxygens (including phenoxy) is 1. The highest BCUT2D eigenvalue weighted by molar-refractivity contribution is 7.91. The van der Waals surface area contributed by atoms with E-state index >= 15 is 0 Å². The van der Waals surface area contributed by atoms with Crippen LogP contribution in [-0.4, -0.2) is 31.3 Å². The number of thiazole rings is 1. The maximum absolute atomic E-state index is 12.5. The molecule has 1 heterocycles. The van der Waals surface area contributed by atoms with Crippen LogP contribution in [0.3, 0.4) is 0 Å². The molecule has 9 heteroatoms. The van der Waals surface area contributed by atoms with Gasteiger partial charge in [-0.3, -0.25) is 4.79 Å². The van der Waals surface area contributed by atoms with Gasteiger partial charge in [0.1, 0.15) is 5.75 Å². The zero-order chi connectivity index (χ0) is 21.7. The van der Waals surface area contributed by atoms with Crippen molar-refractivity contribution in [1.82, 2.24) is 4.57 Å². The van der Waals surface area contributed by atoms with Gasteiger partial charge in [-0.1, -0.05) is 29.9 Å². The van der Waals surface area contributed by atoms with Crippen LogP contribution in [0.4, 0.5) is 0 Å². The second-order valence-electron chi connectivity index (χ2n) is 6.63. The monoisotopic (exact) mass is 466 g/mol. The van der Waals surface area contributed by atoms with Gasteiger partial charge in [-0.05, 0) is 55.8 Å². The highest BCUT2D eigenvalue weighted by Gasteiger charge is 2.17. The molecule has 0 unspecified atom stereocenters. The first kappa shape index (κ1) is 22.5. The summed E-state index contributed by atoms with van der Waals surface area (Å²) in [5.74, 6) is 0.000216. The standard InChI is InChI=1S/C21H23ClN2O4S2/c1-3-12-24-18-10-7-16(28-4-2)14-19(18)29-21(24)23-20(25)11-13-30(26,27)17-8-5-15(22)6-9-17/h5-10,14H,3-4,11-13H2,1-2H3. The molecular formula is C21H23ClN2O4S2. The van der Waals surface area contributed by atoms with Gasteiger partial charge in [0.25, 0.3) is 0 Å². The predicted octanol–water partition coefficient (Wildman–Crippen LogP) is 4.46. The Morgan fingerprint density at radius 1 is 1.17 bits per heavy atom. The molecule has 3 rings (SSSR count). The molecule has 2 aromatic carbocycles. The Balaban J connectivity index is 1.85. The zero-order valence-electron chi connectivity index (χ0n) is 16.8. The number of aromatic nitrogens is 1. The SMILES string of the molecule is CCCn1c(=NC(=O)CCS(=O)(=O)c2ccc(Cl)cc2)sc2cc(OCC)ccc21. The number of aryl methyl sites for hydroxylation is 1. The lowest BCUT2D eigenvalue weighted by Crippen LogP contribution is -2.18. The van der Waals surface area contributed by atoms with Crippen LogP contribution < -0.4 is 9.54 Å². The normalized spacial score (nSPS) is 12.4. The molecule has 0 spiro atoms. The molecule has 0 bridgehead atoms. The lowest BCUT2D eigenvalue weighted by atomic mass is 10.3. The number of nitrogens with zero attached hydrogens (tertiary/aromatic N) is 2. The van der Waals surface area contributed by atoms with Crippen molar-refractivity contribution in [3.63, 3.8) is 0 Å². The quantitative estimate of drug-likeness (QED) is 0.491. The first-order valence-corrected chi connectivity index (χ1v) is 12.5. The lowest BCUT2D eigenvalue weighted by molar-refractivity contribution is -0.117. The molecule has 0 N–H and O–H groups in total. The smallest absolute Gasteiger partial charge is 0.249 e. The fourth-order valence-electron chi connectivity index (χ4n) is 2.98. The summed E-state index contributed by atoms with van der Waals surface area (Å²) in [6, 6.07) is 11.7. The summed E-state index contributed by atoms with van der Waals surface area (Å²) in [4.78, 5) is 17.4. The summed E-state index contributed by atoms with van der Waals surface area (Å²) >= 11 is 7.20. The van der Waals surface area contributed by atoms with Crippen LogP contribution in [0.1, 0.15) is 26.7 Å². The molecule has 1 amide bonds. The number of rotatable bonds is 8. The number of amides is 1. The van der Waals surface area contributed by atoms with Gasteiger partial charge < -0.3 is 9.30 Å². The van der Waals surface area contributed by atoms with Crippen LogP contribution >= 0.6 is 22.9 Å². The lowest BCUT2D eigenvalue weighted by Gasteiger charge is -2.05. The Morgan fingerprint density at radius 3 is 2.57 bits per heavy atom. The molecule has 0 saturated heterocycles. The van der Waals surface area contributed by atoms with Gasteiger partial charge in [-0.15, -0.1) is 0 Å². The Bertz CT molecular complexity index is 1210. The van der Waals surface area contributed by atoms with Crippen LogP contribution in [-0.2, 0) is 21.2 Å². The van der Waals surface area contributed by atoms with Gasteiger partial charge in [0.2, 0.25) is 5.91 Å². The average Bonchev–Trinajstić information content (AvgIpc) is 3.04. The molecule has 0 saturated carbocycles. The number of carbonyl (C=O) groups is 1. The molecule has 0 aliphatic rings. The van der Waals surface area contributed by atoms with E-state index < -0.39 is 15.7 Å². The predicted molar refractivity (Wildman–Crippen MR) is 120 cm³/mol. The number of fused-ring (bicyclic) bond motifs is 1. The molecule has 0 radical (unpaired) electrons. The largest absolute Gasteiger partial charge is 0.494 e. The van der Waals surface area contributed by atoms with E-state index in [2.05, 4.69) is 11.9 Å². The van der Waals surface area contributed by atoms with E-state index in [-0.39, 0.29) is 17.1 Å². The van der Waals surface area contributed by atoms with Gasteiger partial charge in [0.15, 0.2) is 14.6 Å². The highest BCUT2D eigenvalue weighted by Crippen LogP contribution is 2.24. The van der Waals surface area contributed by atoms with Gasteiger partial charge in [0.05, 0.1) is 27.5 Å². The molecule has 30 heavy (non-hydrogen) atoms. The van der Waals surface area contributed by atoms with Crippen molar-refractivity contribution in [2.24, 2.45) is 4.99 Å². The number of carbonyl (C=O) groups excluding carboxylic acids is 1. The molecule has 0 fully saturated rings. The minimum absolute atomic E-state index is 0.145. The van der Waals surface area contributed by atoms with Crippen LogP contribution in [0.15, 0.2) is 52.4 Å². The summed E-state index contributed by atoms with van der Waals surface area (Å²) < 4.78 is 33.4. The summed E-state index contributed by atoms with van der Waals surface area (Å²) in [6.45, 7) is 5.26. The maximum Gasteiger partial charge on any atom is 0.249 e. The maximum atomic E-state index is 12.5. The number of sulfone groups is 1. The van der Waals surface area contributed by atoms with E-state index in [1.165, 1.54) is 35.6 Å². The van der Waals surface area contributed by atoms with Crippen LogP contribution in [0.2, 0.25) is 5.02 Å². The molecule has 160 valence electrons. The number of benzene rings is 2. The first-order valence-electron chi connectivity index (χ1n) is 9.66. The van der Waals surface area contributed by atoms with Gasteiger partial charge in [0, 0.05) is 18.0 Å². The number of halogens is 1. The molecule has 0 aliphatic heterocycles. The molecule has 0 aliphatic carbocycles. The van der Waals surface area contributed by atoms with Crippen molar-refractivity contribution in [2.75, 3.05) is 12.4 Å². The molecular weight excluding hydrogens is 444 g/mol. The molecule has 3 aromatic rings. The van der Waals surface area contributed by atoms with Gasteiger partial charge >= 0.3 is 0 Å². The molecule has 1 aromatic heterocycles. The van der Waals surface area contributed by atoms with Crippen molar-refractivity contribution in [1.29, 1.82) is 0 Å². The van der Waals surface area contributed by atoms with Crippen LogP contribution in [0.25, 0.3) is 10.2 Å². The molecule has 0 atom stereocenters. The van der Waals surface area contributed by atoms with Crippen molar-refractivity contribution in [3.8, 4) is 5.75 Å². The van der Waals surface area contributed by atoms with Gasteiger partial charge in [-0.25, -0.2) is 8.42 Å². The third-order valence-corrected chi connectivity index (χ3v) is 7.42. The van der Waals surface area contributed by atoms with E-state index in [4.69, 9.17) is 16.3 Å². The van der Waals surface area contributed by atoms with E-state index in [1.807, 2.05) is 29.7 Å². The second-order valence-corrected chi connectivity index (χ2v) is 10.2. The number of hydrogen-bond acceptors (Lipinski definition) is 5. The van der Waals surface area contributed by atoms with Crippen LogP contribution in [0.5, 0.6) is 5.75 Å². The summed E-state index contributed by atoms with van der Waals surface area (Å²) in [6.07, 6.45) is 0.695. The fraction of sp³-hybridized carbons (Fsp3) is 0.333. The van der Waals surface area contributed by atoms with Crippen molar-refractivity contribution in [3.05, 3.63) is 52.3 Å². The third-order valence-electron chi connectivity index (χ3n) is 4.39. The topological polar surface area (TPSA) is 77.7 Å². The van der Waals surface area contributed by atoms with E-state index in [0.29, 0.717) is 23.0 Å². The highest BCUT2D eigenvalue weighted by atomic mass is 35.5. The Morgan fingerprint density at radius 2 is 1.90 bits per heavy atom. The molecule has 6 nitrogen and oxygen atoms in total. The minimum Gasteiger partial charge on any atom is -0.494 e. The third kappa shape index (κ3) is 5.30. The van der Waals surface area contributed by atoms with Crippen molar-refractivity contribution < 1.29 is 17.9 Å². The van der Waals surface area contributed by atoms with E-state index in [9.17, 15) is 13.2 Å². The Kier molecular flexibility index (Phi) is 7.33. The Labute approximate surface area is 184 Å². The number of hydrogen-bond donors (Lipinski definition) is 0.